The molecule has 0 spiro atoms. The van der Waals surface area contributed by atoms with E-state index in [0.29, 0.717) is 6.61 Å². The van der Waals surface area contributed by atoms with Gasteiger partial charge < -0.3 is 15.2 Å². The maximum atomic E-state index is 10.0. The molecule has 0 unspecified atom stereocenters. The van der Waals surface area contributed by atoms with Crippen molar-refractivity contribution in [3.05, 3.63) is 12.3 Å². The van der Waals surface area contributed by atoms with Crippen LogP contribution in [0.1, 0.15) is 27.2 Å². The summed E-state index contributed by atoms with van der Waals surface area (Å²) in [6, 6.07) is 0. The first kappa shape index (κ1) is 15.0. The fraction of sp³-hybridized carbons (Fsp3) is 0.556. The van der Waals surface area contributed by atoms with Crippen molar-refractivity contribution >= 4 is 12.1 Å². The van der Waals surface area contributed by atoms with E-state index in [1.54, 1.807) is 13.0 Å². The fourth-order valence-corrected chi connectivity index (χ4v) is 0.382. The average Bonchev–Trinajstić information content (AvgIpc) is 2.05. The molecule has 1 amide bonds. The third-order valence-corrected chi connectivity index (χ3v) is 0.853. The van der Waals surface area contributed by atoms with Gasteiger partial charge in [-0.3, -0.25) is 4.79 Å². The van der Waals surface area contributed by atoms with Gasteiger partial charge in [0.15, 0.2) is 0 Å². The molecule has 0 aliphatic heterocycles. The smallest absolute Gasteiger partial charge is 0.404 e. The molecule has 0 aromatic rings. The van der Waals surface area contributed by atoms with Crippen LogP contribution in [0.5, 0.6) is 0 Å². The van der Waals surface area contributed by atoms with Crippen LogP contribution < -0.4 is 5.73 Å². The van der Waals surface area contributed by atoms with E-state index >= 15 is 0 Å². The van der Waals surface area contributed by atoms with Gasteiger partial charge in [-0.15, -0.1) is 0 Å². The highest BCUT2D eigenvalue weighted by Crippen LogP contribution is 1.81. The van der Waals surface area contributed by atoms with Gasteiger partial charge in [0, 0.05) is 6.92 Å². The molecule has 0 fully saturated rings. The molecule has 0 atom stereocenters. The van der Waals surface area contributed by atoms with Crippen LogP contribution in [0, 0.1) is 0 Å². The van der Waals surface area contributed by atoms with Crippen LogP contribution in [0.4, 0.5) is 4.79 Å². The number of carbonyl (C=O) groups excluding carboxylic acids is 2. The van der Waals surface area contributed by atoms with E-state index in [-0.39, 0.29) is 5.97 Å². The predicted molar refractivity (Wildman–Crippen MR) is 52.4 cm³/mol. The highest BCUT2D eigenvalue weighted by Gasteiger charge is 1.82. The van der Waals surface area contributed by atoms with Gasteiger partial charge in [-0.2, -0.15) is 0 Å². The molecule has 5 nitrogen and oxygen atoms in total. The van der Waals surface area contributed by atoms with Crippen LogP contribution in [-0.2, 0) is 14.3 Å². The Morgan fingerprint density at radius 1 is 1.36 bits per heavy atom. The van der Waals surface area contributed by atoms with Crippen molar-refractivity contribution in [2.45, 2.75) is 27.2 Å². The lowest BCUT2D eigenvalue weighted by Crippen LogP contribution is -2.11. The molecular formula is C9H17NO4. The lowest BCUT2D eigenvalue weighted by molar-refractivity contribution is -0.135. The number of hydrogen-bond donors (Lipinski definition) is 1. The van der Waals surface area contributed by atoms with Gasteiger partial charge in [0.1, 0.15) is 0 Å². The number of amides is 1. The van der Waals surface area contributed by atoms with Crippen molar-refractivity contribution in [3.8, 4) is 0 Å². The second-order valence-electron chi connectivity index (χ2n) is 2.14. The van der Waals surface area contributed by atoms with E-state index in [1.807, 2.05) is 6.92 Å². The summed E-state index contributed by atoms with van der Waals surface area (Å²) in [5.74, 6) is -0.269. The normalized spacial score (nSPS) is 8.79. The minimum absolute atomic E-state index is 0.269. The molecule has 14 heavy (non-hydrogen) atoms. The first-order valence-corrected chi connectivity index (χ1v) is 4.29. The molecule has 0 radical (unpaired) electrons. The van der Waals surface area contributed by atoms with Crippen molar-refractivity contribution in [3.63, 3.8) is 0 Å². The van der Waals surface area contributed by atoms with Crippen molar-refractivity contribution in [2.24, 2.45) is 5.73 Å². The number of allylic oxidation sites excluding steroid dienone is 1. The summed E-state index contributed by atoms with van der Waals surface area (Å²) in [4.78, 5) is 19.6. The Balaban J connectivity index is 0. The highest BCUT2D eigenvalue weighted by molar-refractivity contribution is 5.66. The van der Waals surface area contributed by atoms with Gasteiger partial charge in [-0.05, 0) is 19.4 Å². The monoisotopic (exact) mass is 203 g/mol. The first-order chi connectivity index (χ1) is 6.54. The average molecular weight is 203 g/mol. The number of hydrogen-bond acceptors (Lipinski definition) is 4. The van der Waals surface area contributed by atoms with Gasteiger partial charge in [-0.1, -0.05) is 6.92 Å². The Hall–Kier alpha value is -1.52. The number of rotatable bonds is 3. The molecule has 0 aliphatic rings. The van der Waals surface area contributed by atoms with Crippen molar-refractivity contribution in [2.75, 3.05) is 6.61 Å². The van der Waals surface area contributed by atoms with Crippen LogP contribution >= 0.6 is 0 Å². The Labute approximate surface area is 83.9 Å². The maximum Gasteiger partial charge on any atom is 0.404 e. The van der Waals surface area contributed by atoms with Gasteiger partial charge >= 0.3 is 12.1 Å². The summed E-state index contributed by atoms with van der Waals surface area (Å²) in [6.07, 6.45) is 3.37. The van der Waals surface area contributed by atoms with Crippen LogP contribution in [0.3, 0.4) is 0 Å². The third kappa shape index (κ3) is 22.4. The molecular weight excluding hydrogens is 186 g/mol. The zero-order valence-corrected chi connectivity index (χ0v) is 8.78. The van der Waals surface area contributed by atoms with Gasteiger partial charge in [-0.25, -0.2) is 4.79 Å². The predicted octanol–water partition coefficient (Wildman–Crippen LogP) is 1.57. The van der Waals surface area contributed by atoms with Crippen LogP contribution in [0.25, 0.3) is 0 Å². The van der Waals surface area contributed by atoms with E-state index in [1.165, 1.54) is 13.2 Å². The minimum Gasteiger partial charge on any atom is -0.450 e. The van der Waals surface area contributed by atoms with E-state index in [0.717, 1.165) is 6.42 Å². The summed E-state index contributed by atoms with van der Waals surface area (Å²) in [5, 5.41) is 0. The largest absolute Gasteiger partial charge is 0.450 e. The number of carbonyl (C=O) groups is 2. The highest BCUT2D eigenvalue weighted by atomic mass is 16.5. The Kier molecular flexibility index (Phi) is 12.3. The summed E-state index contributed by atoms with van der Waals surface area (Å²) >= 11 is 0. The maximum absolute atomic E-state index is 10.0. The lowest BCUT2D eigenvalue weighted by Gasteiger charge is -1.89. The number of ether oxygens (including phenoxy) is 2. The van der Waals surface area contributed by atoms with E-state index in [4.69, 9.17) is 0 Å². The minimum atomic E-state index is -0.711. The molecule has 82 valence electrons. The fourth-order valence-electron chi connectivity index (χ4n) is 0.382. The number of nitrogens with two attached hydrogens (primary N) is 1. The third-order valence-electron chi connectivity index (χ3n) is 0.853. The van der Waals surface area contributed by atoms with Gasteiger partial charge in [0.2, 0.25) is 0 Å². The van der Waals surface area contributed by atoms with Crippen molar-refractivity contribution < 1.29 is 19.1 Å². The molecule has 0 heterocycles. The number of primary amides is 1. The Bertz CT molecular complexity index is 189. The van der Waals surface area contributed by atoms with Crippen molar-refractivity contribution in [1.29, 1.82) is 0 Å². The van der Waals surface area contributed by atoms with Crippen LogP contribution in [-0.4, -0.2) is 18.7 Å². The molecule has 0 aliphatic carbocycles. The Morgan fingerprint density at radius 2 is 1.93 bits per heavy atom. The first-order valence-electron chi connectivity index (χ1n) is 4.29. The summed E-state index contributed by atoms with van der Waals surface area (Å²) in [7, 11) is 0. The van der Waals surface area contributed by atoms with Gasteiger partial charge in [0.05, 0.1) is 12.9 Å². The molecule has 0 aromatic heterocycles. The molecule has 0 saturated carbocycles. The summed E-state index contributed by atoms with van der Waals surface area (Å²) in [6.45, 7) is 5.40. The standard InChI is InChI=1S/C6H10O2.C3H7NO2/c1-3-4-5-8-6(2)7;1-2-6-3(4)5/h4-5H,3H2,1-2H3;2H2,1H3,(H2,4,5). The molecule has 0 aromatic carbocycles. The summed E-state index contributed by atoms with van der Waals surface area (Å²) < 4.78 is 8.64. The molecule has 0 bridgehead atoms. The van der Waals surface area contributed by atoms with Crippen LogP contribution in [0.15, 0.2) is 12.3 Å². The molecule has 2 N–H and O–H groups in total. The zero-order chi connectivity index (χ0) is 11.4. The second kappa shape index (κ2) is 11.5. The topological polar surface area (TPSA) is 78.6 Å². The van der Waals surface area contributed by atoms with Crippen molar-refractivity contribution in [1.82, 2.24) is 0 Å². The molecule has 0 rings (SSSR count). The second-order valence-corrected chi connectivity index (χ2v) is 2.14. The summed E-state index contributed by atoms with van der Waals surface area (Å²) in [5.41, 5.74) is 4.54. The Morgan fingerprint density at radius 3 is 2.14 bits per heavy atom. The lowest BCUT2D eigenvalue weighted by atomic mass is 10.5. The quantitative estimate of drug-likeness (QED) is 0.557. The zero-order valence-electron chi connectivity index (χ0n) is 8.78. The van der Waals surface area contributed by atoms with Gasteiger partial charge in [0.25, 0.3) is 0 Å². The van der Waals surface area contributed by atoms with E-state index in [9.17, 15) is 9.59 Å². The number of esters is 1. The van der Waals surface area contributed by atoms with Crippen LogP contribution in [0.2, 0.25) is 0 Å². The van der Waals surface area contributed by atoms with E-state index < -0.39 is 6.09 Å². The molecule has 0 saturated heterocycles. The molecule has 5 heteroatoms. The van der Waals surface area contributed by atoms with E-state index in [2.05, 4.69) is 15.2 Å². The SMILES string of the molecule is CCC=COC(C)=O.CCOC(N)=O.